The Balaban J connectivity index is 1.87. The van der Waals surface area contributed by atoms with E-state index in [2.05, 4.69) is 30.8 Å². The van der Waals surface area contributed by atoms with Crippen LogP contribution in [0, 0.1) is 0 Å². The van der Waals surface area contributed by atoms with Gasteiger partial charge in [0, 0.05) is 29.1 Å². The number of rotatable bonds is 6. The fourth-order valence-electron chi connectivity index (χ4n) is 2.69. The molecular formula is C16H17BrN4O5S2. The van der Waals surface area contributed by atoms with Crippen LogP contribution in [-0.4, -0.2) is 53.9 Å². The highest BCUT2D eigenvalue weighted by Crippen LogP contribution is 2.27. The Morgan fingerprint density at radius 3 is 2.71 bits per heavy atom. The number of benzene rings is 1. The fraction of sp³-hybridized carbons (Fsp3) is 0.375. The molecule has 1 saturated heterocycles. The van der Waals surface area contributed by atoms with Crippen LogP contribution in [0.4, 0.5) is 5.00 Å². The van der Waals surface area contributed by atoms with E-state index in [1.54, 1.807) is 6.92 Å². The molecule has 0 saturated carbocycles. The zero-order chi connectivity index (χ0) is 20.3. The van der Waals surface area contributed by atoms with Gasteiger partial charge in [-0.25, -0.2) is 13.2 Å². The Hall–Kier alpha value is -1.89. The fourth-order valence-corrected chi connectivity index (χ4v) is 5.22. The van der Waals surface area contributed by atoms with Crippen LogP contribution >= 0.6 is 27.5 Å². The lowest BCUT2D eigenvalue weighted by Gasteiger charge is -2.16. The number of nitrogens with one attached hydrogen (secondary N) is 1. The molecule has 2 aromatic rings. The first-order valence-electron chi connectivity index (χ1n) is 8.45. The van der Waals surface area contributed by atoms with Crippen molar-refractivity contribution in [3.05, 3.63) is 33.9 Å². The lowest BCUT2D eigenvalue weighted by molar-refractivity contribution is 0.0520. The number of halogens is 1. The van der Waals surface area contributed by atoms with E-state index in [4.69, 9.17) is 4.74 Å². The molecule has 1 aromatic heterocycles. The molecule has 9 nitrogen and oxygen atoms in total. The van der Waals surface area contributed by atoms with Gasteiger partial charge in [-0.05, 0) is 53.9 Å². The quantitative estimate of drug-likeness (QED) is 0.620. The summed E-state index contributed by atoms with van der Waals surface area (Å²) in [5.41, 5.74) is 0.0145. The monoisotopic (exact) mass is 488 g/mol. The maximum Gasteiger partial charge on any atom is 0.362 e. The number of hydrogen-bond donors (Lipinski definition) is 1. The first-order valence-corrected chi connectivity index (χ1v) is 11.5. The van der Waals surface area contributed by atoms with Crippen LogP contribution in [0.5, 0.6) is 0 Å². The molecule has 0 spiro atoms. The summed E-state index contributed by atoms with van der Waals surface area (Å²) in [6.07, 6.45) is 1.64. The van der Waals surface area contributed by atoms with E-state index in [0.29, 0.717) is 17.6 Å². The zero-order valence-electron chi connectivity index (χ0n) is 14.8. The number of esters is 1. The van der Waals surface area contributed by atoms with Crippen molar-refractivity contribution in [2.75, 3.05) is 25.0 Å². The minimum absolute atomic E-state index is 0.0378. The largest absolute Gasteiger partial charge is 0.461 e. The topological polar surface area (TPSA) is 119 Å². The molecule has 0 bridgehead atoms. The normalized spacial score (nSPS) is 14.8. The van der Waals surface area contributed by atoms with Crippen molar-refractivity contribution >= 4 is 54.4 Å². The zero-order valence-corrected chi connectivity index (χ0v) is 18.1. The van der Waals surface area contributed by atoms with Crippen molar-refractivity contribution in [3.63, 3.8) is 0 Å². The second kappa shape index (κ2) is 8.64. The van der Waals surface area contributed by atoms with Crippen molar-refractivity contribution in [3.8, 4) is 0 Å². The van der Waals surface area contributed by atoms with Gasteiger partial charge in [0.25, 0.3) is 5.91 Å². The Labute approximate surface area is 174 Å². The lowest BCUT2D eigenvalue weighted by Crippen LogP contribution is -2.28. The van der Waals surface area contributed by atoms with Crippen LogP contribution in [-0.2, 0) is 14.8 Å². The third kappa shape index (κ3) is 4.24. The van der Waals surface area contributed by atoms with Gasteiger partial charge < -0.3 is 10.1 Å². The molecule has 0 unspecified atom stereocenters. The second-order valence-electron chi connectivity index (χ2n) is 5.88. The van der Waals surface area contributed by atoms with Crippen molar-refractivity contribution < 1.29 is 22.7 Å². The number of amides is 1. The number of ether oxygens (including phenoxy) is 1. The van der Waals surface area contributed by atoms with E-state index in [1.165, 1.54) is 22.5 Å². The van der Waals surface area contributed by atoms with Crippen molar-refractivity contribution in [1.29, 1.82) is 0 Å². The lowest BCUT2D eigenvalue weighted by atomic mass is 10.2. The summed E-state index contributed by atoms with van der Waals surface area (Å²) in [4.78, 5) is 24.6. The maximum atomic E-state index is 12.8. The average Bonchev–Trinajstić information content (AvgIpc) is 3.34. The molecule has 1 amide bonds. The highest BCUT2D eigenvalue weighted by molar-refractivity contribution is 9.10. The van der Waals surface area contributed by atoms with Crippen LogP contribution in [0.1, 0.15) is 40.6 Å². The average molecular weight is 489 g/mol. The molecule has 1 aromatic carbocycles. The molecule has 28 heavy (non-hydrogen) atoms. The highest BCUT2D eigenvalue weighted by atomic mass is 79.9. The van der Waals surface area contributed by atoms with Crippen LogP contribution < -0.4 is 5.32 Å². The van der Waals surface area contributed by atoms with E-state index < -0.39 is 21.9 Å². The van der Waals surface area contributed by atoms with Crippen LogP contribution in [0.25, 0.3) is 0 Å². The summed E-state index contributed by atoms with van der Waals surface area (Å²) < 4.78 is 35.9. The summed E-state index contributed by atoms with van der Waals surface area (Å²) in [6.45, 7) is 2.75. The van der Waals surface area contributed by atoms with Gasteiger partial charge >= 0.3 is 5.97 Å². The van der Waals surface area contributed by atoms with Gasteiger partial charge in [0.1, 0.15) is 0 Å². The summed E-state index contributed by atoms with van der Waals surface area (Å²) >= 11 is 4.10. The highest BCUT2D eigenvalue weighted by Gasteiger charge is 2.28. The van der Waals surface area contributed by atoms with Crippen molar-refractivity contribution in [2.24, 2.45) is 0 Å². The van der Waals surface area contributed by atoms with E-state index in [0.717, 1.165) is 24.4 Å². The van der Waals surface area contributed by atoms with E-state index in [9.17, 15) is 18.0 Å². The second-order valence-corrected chi connectivity index (χ2v) is 9.42. The smallest absolute Gasteiger partial charge is 0.362 e. The molecule has 3 rings (SSSR count). The van der Waals surface area contributed by atoms with Gasteiger partial charge in [0.15, 0.2) is 5.00 Å². The molecule has 0 radical (unpaired) electrons. The van der Waals surface area contributed by atoms with Crippen LogP contribution in [0.15, 0.2) is 27.6 Å². The van der Waals surface area contributed by atoms with Crippen molar-refractivity contribution in [1.82, 2.24) is 13.9 Å². The Kier molecular flexibility index (Phi) is 6.43. The molecule has 1 aliphatic heterocycles. The number of hydrogen-bond acceptors (Lipinski definition) is 8. The number of aromatic nitrogens is 2. The van der Waals surface area contributed by atoms with Gasteiger partial charge in [-0.3, -0.25) is 4.79 Å². The maximum absolute atomic E-state index is 12.8. The summed E-state index contributed by atoms with van der Waals surface area (Å²) in [5, 5.41) is 6.36. The van der Waals surface area contributed by atoms with Gasteiger partial charge in [-0.1, -0.05) is 4.49 Å². The van der Waals surface area contributed by atoms with Crippen LogP contribution in [0.2, 0.25) is 0 Å². The molecule has 0 atom stereocenters. The minimum Gasteiger partial charge on any atom is -0.461 e. The minimum atomic E-state index is -3.67. The van der Waals surface area contributed by atoms with E-state index in [-0.39, 0.29) is 27.8 Å². The molecule has 2 heterocycles. The summed E-state index contributed by atoms with van der Waals surface area (Å²) in [7, 11) is -3.67. The third-order valence-electron chi connectivity index (χ3n) is 4.07. The van der Waals surface area contributed by atoms with Gasteiger partial charge in [0.2, 0.25) is 15.7 Å². The third-order valence-corrected chi connectivity index (χ3v) is 7.30. The van der Waals surface area contributed by atoms with Gasteiger partial charge in [-0.15, -0.1) is 5.10 Å². The summed E-state index contributed by atoms with van der Waals surface area (Å²) in [6, 6.07) is 4.27. The number of carbonyl (C=O) groups excluding carboxylic acids is 2. The van der Waals surface area contributed by atoms with Gasteiger partial charge in [0.05, 0.1) is 17.1 Å². The standard InChI is InChI=1S/C16H17BrN4O5S2/c1-2-26-16(23)13-15(27-20-19-13)18-14(22)11-9-10(5-6-12(11)17)28(24,25)21-7-3-4-8-21/h5-6,9H,2-4,7-8H2,1H3,(H,18,22). The first kappa shape index (κ1) is 20.8. The van der Waals surface area contributed by atoms with Crippen LogP contribution in [0.3, 0.4) is 0 Å². The SMILES string of the molecule is CCOC(=O)c1nnsc1NC(=O)c1cc(S(=O)(=O)N2CCCC2)ccc1Br. The Morgan fingerprint density at radius 2 is 2.04 bits per heavy atom. The number of sulfonamides is 1. The van der Waals surface area contributed by atoms with Crippen molar-refractivity contribution in [2.45, 2.75) is 24.7 Å². The Morgan fingerprint density at radius 1 is 1.32 bits per heavy atom. The molecule has 12 heteroatoms. The van der Waals surface area contributed by atoms with E-state index >= 15 is 0 Å². The first-order chi connectivity index (χ1) is 13.3. The van der Waals surface area contributed by atoms with Gasteiger partial charge in [-0.2, -0.15) is 4.31 Å². The predicted molar refractivity (Wildman–Crippen MR) is 106 cm³/mol. The molecule has 1 aliphatic rings. The number of carbonyl (C=O) groups is 2. The molecule has 0 aliphatic carbocycles. The predicted octanol–water partition coefficient (Wildman–Crippen LogP) is 2.51. The van der Waals surface area contributed by atoms with E-state index in [1.807, 2.05) is 0 Å². The molecule has 1 N–H and O–H groups in total. The molecule has 1 fully saturated rings. The number of anilines is 1. The Bertz CT molecular complexity index is 1000. The molecule has 150 valence electrons. The number of nitrogens with zero attached hydrogens (tertiary/aromatic N) is 3. The summed E-state index contributed by atoms with van der Waals surface area (Å²) in [5.74, 6) is -1.29. The molecular weight excluding hydrogens is 472 g/mol.